The molecule has 5 nitrogen and oxygen atoms in total. The van der Waals surface area contributed by atoms with Gasteiger partial charge in [0, 0.05) is 37.3 Å². The lowest BCUT2D eigenvalue weighted by Gasteiger charge is -2.37. The lowest BCUT2D eigenvalue weighted by Crippen LogP contribution is -2.53. The number of anilines is 1. The highest BCUT2D eigenvalue weighted by molar-refractivity contribution is 5.82. The molecule has 0 saturated carbocycles. The minimum absolute atomic E-state index is 0.401. The smallest absolute Gasteiger partial charge is 0.0682 e. The molecule has 0 spiro atoms. The van der Waals surface area contributed by atoms with Gasteiger partial charge in [-0.15, -0.1) is 0 Å². The third-order valence-electron chi connectivity index (χ3n) is 3.62. The Balaban J connectivity index is 1.84. The minimum Gasteiger partial charge on any atom is -0.380 e. The molecule has 0 bridgehead atoms. The quantitative estimate of drug-likeness (QED) is 0.872. The van der Waals surface area contributed by atoms with Gasteiger partial charge >= 0.3 is 0 Å². The number of ether oxygens (including phenoxy) is 1. The van der Waals surface area contributed by atoms with Gasteiger partial charge in [-0.2, -0.15) is 5.10 Å². The Morgan fingerprint density at radius 2 is 2.42 bits per heavy atom. The molecule has 2 heterocycles. The molecular formula is C14H20N4O. The summed E-state index contributed by atoms with van der Waals surface area (Å²) in [4.78, 5) is 2.43. The SMILES string of the molecule is CCOCC1CNCCN1c1ccc2[nH]ncc2c1. The normalized spacial score (nSPS) is 20.1. The summed E-state index contributed by atoms with van der Waals surface area (Å²) in [6, 6.07) is 6.85. The Hall–Kier alpha value is -1.59. The molecule has 1 aromatic heterocycles. The Kier molecular flexibility index (Phi) is 3.66. The van der Waals surface area contributed by atoms with Gasteiger partial charge in [-0.25, -0.2) is 0 Å². The standard InChI is InChI=1S/C14H20N4O/c1-2-19-10-13-9-15-5-6-18(13)12-3-4-14-11(7-12)8-16-17-14/h3-4,7-8,13,15H,2,5-6,9-10H2,1H3,(H,16,17). The van der Waals surface area contributed by atoms with E-state index in [1.165, 1.54) is 5.69 Å². The first-order valence-corrected chi connectivity index (χ1v) is 6.86. The van der Waals surface area contributed by atoms with Crippen molar-refractivity contribution < 1.29 is 4.74 Å². The molecule has 3 rings (SSSR count). The van der Waals surface area contributed by atoms with Gasteiger partial charge in [0.05, 0.1) is 24.4 Å². The number of hydrogen-bond donors (Lipinski definition) is 2. The van der Waals surface area contributed by atoms with E-state index in [4.69, 9.17) is 4.74 Å². The molecule has 19 heavy (non-hydrogen) atoms. The molecular weight excluding hydrogens is 240 g/mol. The molecule has 1 aromatic carbocycles. The number of hydrogen-bond acceptors (Lipinski definition) is 4. The third kappa shape index (κ3) is 2.57. The van der Waals surface area contributed by atoms with Crippen molar-refractivity contribution in [1.29, 1.82) is 0 Å². The van der Waals surface area contributed by atoms with Crippen LogP contribution in [0.1, 0.15) is 6.92 Å². The van der Waals surface area contributed by atoms with Crippen LogP contribution in [0.15, 0.2) is 24.4 Å². The molecule has 102 valence electrons. The van der Waals surface area contributed by atoms with Crippen molar-refractivity contribution in [2.75, 3.05) is 37.7 Å². The molecule has 1 atom stereocenters. The number of nitrogens with zero attached hydrogens (tertiary/aromatic N) is 2. The number of benzene rings is 1. The summed E-state index contributed by atoms with van der Waals surface area (Å²) in [5, 5.41) is 11.7. The van der Waals surface area contributed by atoms with Crippen LogP contribution in [0.25, 0.3) is 10.9 Å². The monoisotopic (exact) mass is 260 g/mol. The maximum Gasteiger partial charge on any atom is 0.0682 e. The zero-order valence-electron chi connectivity index (χ0n) is 11.2. The van der Waals surface area contributed by atoms with Gasteiger partial charge in [0.25, 0.3) is 0 Å². The van der Waals surface area contributed by atoms with Crippen LogP contribution in [0.4, 0.5) is 5.69 Å². The third-order valence-corrected chi connectivity index (χ3v) is 3.62. The lowest BCUT2D eigenvalue weighted by molar-refractivity contribution is 0.126. The molecule has 0 amide bonds. The fraction of sp³-hybridized carbons (Fsp3) is 0.500. The molecule has 5 heteroatoms. The van der Waals surface area contributed by atoms with E-state index in [-0.39, 0.29) is 0 Å². The molecule has 0 aliphatic carbocycles. The maximum atomic E-state index is 5.60. The van der Waals surface area contributed by atoms with Gasteiger partial charge in [-0.05, 0) is 25.1 Å². The van der Waals surface area contributed by atoms with Crippen molar-refractivity contribution in [2.45, 2.75) is 13.0 Å². The van der Waals surface area contributed by atoms with Crippen molar-refractivity contribution in [3.8, 4) is 0 Å². The van der Waals surface area contributed by atoms with Gasteiger partial charge in [-0.1, -0.05) is 0 Å². The first-order chi connectivity index (χ1) is 9.38. The number of rotatable bonds is 4. The summed E-state index contributed by atoms with van der Waals surface area (Å²) in [5.41, 5.74) is 2.33. The summed E-state index contributed by atoms with van der Waals surface area (Å²) in [5.74, 6) is 0. The average Bonchev–Trinajstić information content (AvgIpc) is 2.92. The van der Waals surface area contributed by atoms with Crippen molar-refractivity contribution >= 4 is 16.6 Å². The first kappa shape index (κ1) is 12.4. The van der Waals surface area contributed by atoms with Crippen molar-refractivity contribution in [1.82, 2.24) is 15.5 Å². The molecule has 1 saturated heterocycles. The van der Waals surface area contributed by atoms with Crippen LogP contribution in [0.5, 0.6) is 0 Å². The van der Waals surface area contributed by atoms with Crippen molar-refractivity contribution in [3.05, 3.63) is 24.4 Å². The lowest BCUT2D eigenvalue weighted by atomic mass is 10.1. The number of fused-ring (bicyclic) bond motifs is 1. The van der Waals surface area contributed by atoms with Gasteiger partial charge < -0.3 is 15.0 Å². The van der Waals surface area contributed by atoms with Crippen LogP contribution in [0.3, 0.4) is 0 Å². The summed E-state index contributed by atoms with van der Waals surface area (Å²) in [6.07, 6.45) is 1.87. The van der Waals surface area contributed by atoms with Crippen LogP contribution < -0.4 is 10.2 Å². The van der Waals surface area contributed by atoms with Crippen molar-refractivity contribution in [3.63, 3.8) is 0 Å². The molecule has 1 unspecified atom stereocenters. The fourth-order valence-corrected chi connectivity index (χ4v) is 2.61. The fourth-order valence-electron chi connectivity index (χ4n) is 2.61. The molecule has 0 radical (unpaired) electrons. The Morgan fingerprint density at radius 1 is 1.47 bits per heavy atom. The molecule has 2 aromatic rings. The number of H-pyrrole nitrogens is 1. The largest absolute Gasteiger partial charge is 0.380 e. The van der Waals surface area contributed by atoms with E-state index in [9.17, 15) is 0 Å². The highest BCUT2D eigenvalue weighted by atomic mass is 16.5. The average molecular weight is 260 g/mol. The van der Waals surface area contributed by atoms with E-state index in [0.717, 1.165) is 43.8 Å². The van der Waals surface area contributed by atoms with Crippen LogP contribution in [0, 0.1) is 0 Å². The van der Waals surface area contributed by atoms with Gasteiger partial charge in [-0.3, -0.25) is 5.10 Å². The number of nitrogens with one attached hydrogen (secondary N) is 2. The van der Waals surface area contributed by atoms with Crippen LogP contribution in [0.2, 0.25) is 0 Å². The zero-order chi connectivity index (χ0) is 13.1. The number of piperazine rings is 1. The van der Waals surface area contributed by atoms with Crippen LogP contribution in [-0.4, -0.2) is 49.1 Å². The maximum absolute atomic E-state index is 5.60. The number of aromatic nitrogens is 2. The zero-order valence-corrected chi connectivity index (χ0v) is 11.2. The van der Waals surface area contributed by atoms with Crippen LogP contribution >= 0.6 is 0 Å². The summed E-state index contributed by atoms with van der Waals surface area (Å²) in [6.45, 7) is 6.59. The van der Waals surface area contributed by atoms with Gasteiger partial charge in [0.1, 0.15) is 0 Å². The number of aromatic amines is 1. The highest BCUT2D eigenvalue weighted by Crippen LogP contribution is 2.23. The van der Waals surface area contributed by atoms with Crippen LogP contribution in [-0.2, 0) is 4.74 Å². The predicted octanol–water partition coefficient (Wildman–Crippen LogP) is 1.38. The molecule has 1 aliphatic heterocycles. The molecule has 1 fully saturated rings. The second-order valence-electron chi connectivity index (χ2n) is 4.85. The van der Waals surface area contributed by atoms with Gasteiger partial charge in [0.15, 0.2) is 0 Å². The first-order valence-electron chi connectivity index (χ1n) is 6.86. The Labute approximate surface area is 112 Å². The van der Waals surface area contributed by atoms with E-state index in [2.05, 4.69) is 38.6 Å². The molecule has 2 N–H and O–H groups in total. The summed E-state index contributed by atoms with van der Waals surface area (Å²) in [7, 11) is 0. The summed E-state index contributed by atoms with van der Waals surface area (Å²) >= 11 is 0. The van der Waals surface area contributed by atoms with E-state index in [1.54, 1.807) is 0 Å². The second-order valence-corrected chi connectivity index (χ2v) is 4.85. The van der Waals surface area contributed by atoms with E-state index in [0.29, 0.717) is 6.04 Å². The Bertz CT molecular complexity index is 539. The summed E-state index contributed by atoms with van der Waals surface area (Å²) < 4.78 is 5.60. The minimum atomic E-state index is 0.401. The highest BCUT2D eigenvalue weighted by Gasteiger charge is 2.22. The molecule has 1 aliphatic rings. The van der Waals surface area contributed by atoms with E-state index >= 15 is 0 Å². The van der Waals surface area contributed by atoms with E-state index < -0.39 is 0 Å². The topological polar surface area (TPSA) is 53.2 Å². The predicted molar refractivity (Wildman–Crippen MR) is 76.6 cm³/mol. The van der Waals surface area contributed by atoms with E-state index in [1.807, 2.05) is 13.1 Å². The Morgan fingerprint density at radius 3 is 3.32 bits per heavy atom. The van der Waals surface area contributed by atoms with Gasteiger partial charge in [0.2, 0.25) is 0 Å². The van der Waals surface area contributed by atoms with Crippen molar-refractivity contribution in [2.24, 2.45) is 0 Å². The second kappa shape index (κ2) is 5.59.